The van der Waals surface area contributed by atoms with Crippen molar-refractivity contribution < 1.29 is 12.8 Å². The number of oxazole rings is 1. The normalized spacial score (nSPS) is 11.6. The van der Waals surface area contributed by atoms with Gasteiger partial charge in [0.2, 0.25) is 0 Å². The van der Waals surface area contributed by atoms with Crippen LogP contribution in [0.25, 0.3) is 11.3 Å². The smallest absolute Gasteiger partial charge is 0.264 e. The van der Waals surface area contributed by atoms with E-state index in [0.717, 1.165) is 5.56 Å². The van der Waals surface area contributed by atoms with Gasteiger partial charge in [-0.25, -0.2) is 13.4 Å². The predicted octanol–water partition coefficient (Wildman–Crippen LogP) is 2.51. The predicted molar refractivity (Wildman–Crippen MR) is 62.7 cm³/mol. The Hall–Kier alpha value is -1.14. The average molecular weight is 302 g/mol. The standard InChI is InChI=1S/C10H8BrNO3S/c1-16(13,14)8-4-2-7(3-5-8)9-6-15-10(11)12-9/h2-6H,1H3. The van der Waals surface area contributed by atoms with Gasteiger partial charge >= 0.3 is 0 Å². The fourth-order valence-electron chi connectivity index (χ4n) is 1.26. The molecule has 0 bridgehead atoms. The Labute approximate surface area is 101 Å². The maximum atomic E-state index is 11.2. The molecule has 0 amide bonds. The highest BCUT2D eigenvalue weighted by Gasteiger charge is 2.08. The Morgan fingerprint density at radius 2 is 1.88 bits per heavy atom. The molecule has 16 heavy (non-hydrogen) atoms. The fraction of sp³-hybridized carbons (Fsp3) is 0.100. The minimum Gasteiger partial charge on any atom is -0.439 e. The molecule has 2 rings (SSSR count). The van der Waals surface area contributed by atoms with E-state index in [1.807, 2.05) is 0 Å². The number of sulfone groups is 1. The summed E-state index contributed by atoms with van der Waals surface area (Å²) in [6.07, 6.45) is 2.67. The molecule has 0 atom stereocenters. The minimum absolute atomic E-state index is 0.291. The molecule has 2 aromatic rings. The van der Waals surface area contributed by atoms with E-state index < -0.39 is 9.84 Å². The molecule has 0 saturated heterocycles. The zero-order chi connectivity index (χ0) is 11.8. The van der Waals surface area contributed by atoms with Gasteiger partial charge in [0, 0.05) is 27.7 Å². The molecule has 0 spiro atoms. The van der Waals surface area contributed by atoms with Crippen LogP contribution in [0, 0.1) is 0 Å². The van der Waals surface area contributed by atoms with Gasteiger partial charge in [-0.3, -0.25) is 0 Å². The van der Waals surface area contributed by atoms with Crippen LogP contribution >= 0.6 is 15.9 Å². The van der Waals surface area contributed by atoms with Gasteiger partial charge in [0.15, 0.2) is 9.84 Å². The minimum atomic E-state index is -3.15. The van der Waals surface area contributed by atoms with Crippen molar-refractivity contribution >= 4 is 25.8 Å². The number of benzene rings is 1. The molecular formula is C10H8BrNO3S. The molecule has 0 aliphatic rings. The summed E-state index contributed by atoms with van der Waals surface area (Å²) in [6, 6.07) is 6.49. The molecule has 1 aromatic heterocycles. The Kier molecular flexibility index (Phi) is 2.86. The lowest BCUT2D eigenvalue weighted by molar-refractivity contribution is 0.529. The van der Waals surface area contributed by atoms with Gasteiger partial charge < -0.3 is 4.42 Å². The first-order valence-electron chi connectivity index (χ1n) is 4.38. The molecule has 0 radical (unpaired) electrons. The fourth-order valence-corrected chi connectivity index (χ4v) is 2.17. The van der Waals surface area contributed by atoms with Gasteiger partial charge in [-0.1, -0.05) is 12.1 Å². The van der Waals surface area contributed by atoms with E-state index in [4.69, 9.17) is 4.42 Å². The van der Waals surface area contributed by atoms with E-state index in [9.17, 15) is 8.42 Å². The molecule has 84 valence electrons. The Balaban J connectivity index is 2.40. The van der Waals surface area contributed by atoms with Crippen molar-refractivity contribution in [3.63, 3.8) is 0 Å². The second-order valence-corrected chi connectivity index (χ2v) is 5.98. The van der Waals surface area contributed by atoms with Crippen molar-refractivity contribution in [1.82, 2.24) is 4.98 Å². The van der Waals surface area contributed by atoms with Crippen LogP contribution < -0.4 is 0 Å². The molecule has 4 nitrogen and oxygen atoms in total. The van der Waals surface area contributed by atoms with Gasteiger partial charge in [0.05, 0.1) is 4.90 Å². The molecular weight excluding hydrogens is 294 g/mol. The van der Waals surface area contributed by atoms with Gasteiger partial charge in [-0.15, -0.1) is 0 Å². The highest BCUT2D eigenvalue weighted by Crippen LogP contribution is 2.22. The first-order valence-corrected chi connectivity index (χ1v) is 7.07. The number of hydrogen-bond donors (Lipinski definition) is 0. The summed E-state index contributed by atoms with van der Waals surface area (Å²) in [5, 5.41) is 0. The lowest BCUT2D eigenvalue weighted by Gasteiger charge is -1.99. The average Bonchev–Trinajstić information content (AvgIpc) is 2.64. The zero-order valence-electron chi connectivity index (χ0n) is 8.34. The van der Waals surface area contributed by atoms with Gasteiger partial charge in [0.1, 0.15) is 12.0 Å². The lowest BCUT2D eigenvalue weighted by atomic mass is 10.2. The van der Waals surface area contributed by atoms with E-state index in [-0.39, 0.29) is 0 Å². The topological polar surface area (TPSA) is 60.2 Å². The van der Waals surface area contributed by atoms with E-state index in [0.29, 0.717) is 15.4 Å². The van der Waals surface area contributed by atoms with Crippen LogP contribution in [0.5, 0.6) is 0 Å². The zero-order valence-corrected chi connectivity index (χ0v) is 10.7. The number of rotatable bonds is 2. The Morgan fingerprint density at radius 3 is 2.31 bits per heavy atom. The highest BCUT2D eigenvalue weighted by molar-refractivity contribution is 9.10. The maximum absolute atomic E-state index is 11.2. The summed E-state index contributed by atoms with van der Waals surface area (Å²) in [4.78, 5) is 4.76. The first kappa shape index (κ1) is 11.3. The van der Waals surface area contributed by atoms with Gasteiger partial charge in [-0.2, -0.15) is 0 Å². The molecule has 0 unspecified atom stereocenters. The maximum Gasteiger partial charge on any atom is 0.264 e. The molecule has 0 fully saturated rings. The van der Waals surface area contributed by atoms with Gasteiger partial charge in [0.25, 0.3) is 4.80 Å². The molecule has 6 heteroatoms. The van der Waals surface area contributed by atoms with E-state index in [1.54, 1.807) is 24.3 Å². The number of nitrogens with zero attached hydrogens (tertiary/aromatic N) is 1. The van der Waals surface area contributed by atoms with Crippen molar-refractivity contribution in [2.45, 2.75) is 4.90 Å². The monoisotopic (exact) mass is 301 g/mol. The van der Waals surface area contributed by atoms with Crippen molar-refractivity contribution in [3.8, 4) is 11.3 Å². The summed E-state index contributed by atoms with van der Waals surface area (Å²) in [7, 11) is -3.15. The summed E-state index contributed by atoms with van der Waals surface area (Å²) in [5.41, 5.74) is 1.47. The molecule has 0 aliphatic carbocycles. The molecule has 0 N–H and O–H groups in total. The van der Waals surface area contributed by atoms with E-state index >= 15 is 0 Å². The molecule has 0 aliphatic heterocycles. The third-order valence-electron chi connectivity index (χ3n) is 2.05. The number of hydrogen-bond acceptors (Lipinski definition) is 4. The van der Waals surface area contributed by atoms with Gasteiger partial charge in [-0.05, 0) is 12.1 Å². The Morgan fingerprint density at radius 1 is 1.25 bits per heavy atom. The second-order valence-electron chi connectivity index (χ2n) is 3.28. The third kappa shape index (κ3) is 2.33. The van der Waals surface area contributed by atoms with Crippen molar-refractivity contribution in [3.05, 3.63) is 35.3 Å². The lowest BCUT2D eigenvalue weighted by Crippen LogP contribution is -1.96. The van der Waals surface area contributed by atoms with Crippen LogP contribution in [0.4, 0.5) is 0 Å². The quantitative estimate of drug-likeness (QED) is 0.855. The van der Waals surface area contributed by atoms with Crippen LogP contribution in [0.1, 0.15) is 0 Å². The third-order valence-corrected chi connectivity index (χ3v) is 3.55. The van der Waals surface area contributed by atoms with E-state index in [2.05, 4.69) is 20.9 Å². The molecule has 0 saturated carbocycles. The van der Waals surface area contributed by atoms with Crippen LogP contribution in [-0.2, 0) is 9.84 Å². The largest absolute Gasteiger partial charge is 0.439 e. The second kappa shape index (κ2) is 4.03. The highest BCUT2D eigenvalue weighted by atomic mass is 79.9. The first-order chi connectivity index (χ1) is 7.47. The molecule has 1 heterocycles. The summed E-state index contributed by atoms with van der Waals surface area (Å²) >= 11 is 3.10. The summed E-state index contributed by atoms with van der Waals surface area (Å²) in [5.74, 6) is 0. The van der Waals surface area contributed by atoms with Crippen LogP contribution in [0.2, 0.25) is 0 Å². The Bertz CT molecular complexity index is 601. The van der Waals surface area contributed by atoms with Crippen LogP contribution in [0.15, 0.2) is 44.6 Å². The number of halogens is 1. The van der Waals surface area contributed by atoms with Crippen molar-refractivity contribution in [1.29, 1.82) is 0 Å². The van der Waals surface area contributed by atoms with Crippen LogP contribution in [0.3, 0.4) is 0 Å². The SMILES string of the molecule is CS(=O)(=O)c1ccc(-c2coc(Br)n2)cc1. The summed E-state index contributed by atoms with van der Waals surface area (Å²) in [6.45, 7) is 0. The number of aromatic nitrogens is 1. The summed E-state index contributed by atoms with van der Waals surface area (Å²) < 4.78 is 27.5. The van der Waals surface area contributed by atoms with E-state index in [1.165, 1.54) is 12.5 Å². The van der Waals surface area contributed by atoms with Crippen LogP contribution in [-0.4, -0.2) is 19.7 Å². The van der Waals surface area contributed by atoms with Crippen molar-refractivity contribution in [2.24, 2.45) is 0 Å². The van der Waals surface area contributed by atoms with Crippen molar-refractivity contribution in [2.75, 3.05) is 6.26 Å². The molecule has 1 aromatic carbocycles.